The Morgan fingerprint density at radius 3 is 2.29 bits per heavy atom. The Balaban J connectivity index is 3.63. The van der Waals surface area contributed by atoms with Gasteiger partial charge in [-0.1, -0.05) is 0 Å². The molecular formula is C12H18AsNO7. The van der Waals surface area contributed by atoms with Gasteiger partial charge >= 0.3 is 124 Å². The van der Waals surface area contributed by atoms with Crippen molar-refractivity contribution in [1.29, 1.82) is 0 Å². The Hall–Kier alpha value is -1.63. The van der Waals surface area contributed by atoms with Crippen molar-refractivity contribution in [3.8, 4) is 17.2 Å². The van der Waals surface area contributed by atoms with E-state index >= 15 is 0 Å². The minimum absolute atomic E-state index is 0.0219. The second-order valence-electron chi connectivity index (χ2n) is 4.04. The zero-order chi connectivity index (χ0) is 16.2. The van der Waals surface area contributed by atoms with Gasteiger partial charge < -0.3 is 0 Å². The van der Waals surface area contributed by atoms with Crippen molar-refractivity contribution < 1.29 is 31.3 Å². The molecule has 0 aromatic heterocycles. The first-order valence-corrected chi connectivity index (χ1v) is 9.59. The quantitative estimate of drug-likeness (QED) is 0.512. The maximum absolute atomic E-state index is 11.5. The molecule has 8 nitrogen and oxygen atoms in total. The van der Waals surface area contributed by atoms with Gasteiger partial charge in [0.05, 0.1) is 0 Å². The number of rotatable bonds is 6. The molecule has 21 heavy (non-hydrogen) atoms. The number of ether oxygens (including phenoxy) is 2. The molecule has 1 aromatic carbocycles. The van der Waals surface area contributed by atoms with Gasteiger partial charge in [0, 0.05) is 0 Å². The number of phenols is 1. The Bertz CT molecular complexity index is 581. The number of carbonyl (C=O) groups excluding carboxylic acids is 1. The first kappa shape index (κ1) is 17.4. The van der Waals surface area contributed by atoms with Crippen molar-refractivity contribution in [3.63, 3.8) is 0 Å². The van der Waals surface area contributed by atoms with Crippen molar-refractivity contribution in [2.75, 3.05) is 18.5 Å². The molecule has 0 saturated heterocycles. The Morgan fingerprint density at radius 2 is 1.86 bits per heavy atom. The van der Waals surface area contributed by atoms with Crippen molar-refractivity contribution in [2.24, 2.45) is 0 Å². The van der Waals surface area contributed by atoms with Gasteiger partial charge in [0.2, 0.25) is 0 Å². The van der Waals surface area contributed by atoms with Gasteiger partial charge in [-0.3, -0.25) is 0 Å². The molecular weight excluding hydrogens is 345 g/mol. The average molecular weight is 363 g/mol. The van der Waals surface area contributed by atoms with Crippen LogP contribution in [-0.2, 0) is 8.53 Å². The molecule has 0 aliphatic heterocycles. The van der Waals surface area contributed by atoms with Gasteiger partial charge in [0.15, 0.2) is 0 Å². The van der Waals surface area contributed by atoms with Crippen molar-refractivity contribution in [3.05, 3.63) is 6.07 Å². The summed E-state index contributed by atoms with van der Waals surface area (Å²) in [5.74, 6) is -1.34. The molecule has 0 atom stereocenters. The molecule has 118 valence electrons. The maximum atomic E-state index is 11.5. The van der Waals surface area contributed by atoms with E-state index in [0.717, 1.165) is 6.07 Å². The number of hydrogen-bond donors (Lipinski definition) is 4. The molecule has 1 amide bonds. The zero-order valence-corrected chi connectivity index (χ0v) is 13.8. The van der Waals surface area contributed by atoms with Crippen molar-refractivity contribution in [2.45, 2.75) is 20.8 Å². The normalized spacial score (nSPS) is 11.1. The van der Waals surface area contributed by atoms with Crippen molar-refractivity contribution in [1.82, 2.24) is 0 Å². The van der Waals surface area contributed by atoms with E-state index < -0.39 is 30.2 Å². The van der Waals surface area contributed by atoms with Gasteiger partial charge in [-0.05, 0) is 0 Å². The van der Waals surface area contributed by atoms with Crippen LogP contribution in [0.4, 0.5) is 5.69 Å². The number of amides is 1. The van der Waals surface area contributed by atoms with E-state index in [4.69, 9.17) is 9.47 Å². The molecule has 9 heteroatoms. The first-order chi connectivity index (χ1) is 9.72. The molecule has 0 spiro atoms. The molecule has 0 fully saturated rings. The van der Waals surface area contributed by atoms with Crippen LogP contribution in [0.3, 0.4) is 0 Å². The van der Waals surface area contributed by atoms with Crippen LogP contribution in [-0.4, -0.2) is 46.6 Å². The SMILES string of the molecule is CCOc1cc([As](=O)(O)O)c(O)c(OCC)c1NC(C)=O. The van der Waals surface area contributed by atoms with Crippen LogP contribution < -0.4 is 19.1 Å². The number of benzene rings is 1. The summed E-state index contributed by atoms with van der Waals surface area (Å²) in [6, 6.07) is 1.02. The van der Waals surface area contributed by atoms with Gasteiger partial charge in [-0.25, -0.2) is 0 Å². The van der Waals surface area contributed by atoms with Gasteiger partial charge in [0.25, 0.3) is 0 Å². The Kier molecular flexibility index (Phi) is 5.71. The third kappa shape index (κ3) is 4.17. The topological polar surface area (TPSA) is 125 Å². The van der Waals surface area contributed by atoms with E-state index in [1.807, 2.05) is 0 Å². The van der Waals surface area contributed by atoms with E-state index in [1.165, 1.54) is 6.92 Å². The number of hydrogen-bond acceptors (Lipinski definition) is 5. The van der Waals surface area contributed by atoms with Crippen molar-refractivity contribution >= 4 is 30.1 Å². The van der Waals surface area contributed by atoms with Gasteiger partial charge in [-0.15, -0.1) is 0 Å². The second kappa shape index (κ2) is 6.89. The van der Waals surface area contributed by atoms with Gasteiger partial charge in [0.1, 0.15) is 0 Å². The molecule has 1 aromatic rings. The standard InChI is InChI=1S/C12H18AsNO7/c1-4-20-9-6-8(13(17,18)19)11(16)12(21-5-2)10(9)14-7(3)15/h6,16H,4-5H2,1-3H3,(H,14,15)(H2,17,18,19). The fourth-order valence-corrected chi connectivity index (χ4v) is 3.07. The summed E-state index contributed by atoms with van der Waals surface area (Å²) < 4.78 is 40.1. The van der Waals surface area contributed by atoms with E-state index in [-0.39, 0.29) is 30.4 Å². The summed E-state index contributed by atoms with van der Waals surface area (Å²) in [6.45, 7) is 4.89. The summed E-state index contributed by atoms with van der Waals surface area (Å²) in [4.78, 5) is 11.3. The summed E-state index contributed by atoms with van der Waals surface area (Å²) in [7, 11) is 0. The van der Waals surface area contributed by atoms with E-state index in [0.29, 0.717) is 0 Å². The molecule has 0 saturated carbocycles. The minimum atomic E-state index is -5.39. The van der Waals surface area contributed by atoms with E-state index in [2.05, 4.69) is 5.32 Å². The fourth-order valence-electron chi connectivity index (χ4n) is 1.68. The van der Waals surface area contributed by atoms with Gasteiger partial charge in [-0.2, -0.15) is 0 Å². The molecule has 0 bridgehead atoms. The summed E-state index contributed by atoms with van der Waals surface area (Å²) >= 11 is -5.39. The second-order valence-corrected chi connectivity index (χ2v) is 7.33. The summed E-state index contributed by atoms with van der Waals surface area (Å²) in [6.07, 6.45) is 0. The Labute approximate surface area is 124 Å². The molecule has 0 radical (unpaired) electrons. The molecule has 1 rings (SSSR count). The number of nitrogens with one attached hydrogen (secondary N) is 1. The van der Waals surface area contributed by atoms with Crippen LogP contribution in [0.25, 0.3) is 0 Å². The van der Waals surface area contributed by atoms with Crippen LogP contribution >= 0.6 is 0 Å². The third-order valence-corrected chi connectivity index (χ3v) is 4.43. The predicted octanol–water partition coefficient (Wildman–Crippen LogP) is -0.291. The first-order valence-electron chi connectivity index (χ1n) is 6.21. The van der Waals surface area contributed by atoms with E-state index in [9.17, 15) is 21.8 Å². The van der Waals surface area contributed by atoms with Crippen LogP contribution in [0.5, 0.6) is 17.2 Å². The number of phenolic OH excluding ortho intramolecular Hbond substituents is 1. The fraction of sp³-hybridized carbons (Fsp3) is 0.417. The monoisotopic (exact) mass is 363 g/mol. The zero-order valence-electron chi connectivity index (χ0n) is 11.9. The van der Waals surface area contributed by atoms with Crippen LogP contribution in [0.2, 0.25) is 0 Å². The number of anilines is 1. The molecule has 0 unspecified atom stereocenters. The van der Waals surface area contributed by atoms with Crippen LogP contribution in [0.1, 0.15) is 20.8 Å². The molecule has 0 aliphatic carbocycles. The number of carbonyl (C=O) groups is 1. The van der Waals surface area contributed by atoms with Crippen LogP contribution in [0, 0.1) is 0 Å². The third-order valence-electron chi connectivity index (χ3n) is 2.40. The Morgan fingerprint density at radius 1 is 1.29 bits per heavy atom. The van der Waals surface area contributed by atoms with Crippen LogP contribution in [0.15, 0.2) is 6.07 Å². The summed E-state index contributed by atoms with van der Waals surface area (Å²) in [5, 5.41) is 12.5. The molecule has 4 N–H and O–H groups in total. The summed E-state index contributed by atoms with van der Waals surface area (Å²) in [5.41, 5.74) is 0.0383. The average Bonchev–Trinajstić information content (AvgIpc) is 2.35. The molecule has 0 aliphatic rings. The van der Waals surface area contributed by atoms with E-state index in [1.54, 1.807) is 13.8 Å². The number of aromatic hydroxyl groups is 1. The molecule has 0 heterocycles. The predicted molar refractivity (Wildman–Crippen MR) is 75.3 cm³/mol.